The van der Waals surface area contributed by atoms with Crippen molar-refractivity contribution in [2.75, 3.05) is 25.6 Å². The summed E-state index contributed by atoms with van der Waals surface area (Å²) >= 11 is 0. The summed E-state index contributed by atoms with van der Waals surface area (Å²) in [5.41, 5.74) is 2.74. The van der Waals surface area contributed by atoms with Crippen molar-refractivity contribution in [2.45, 2.75) is 31.7 Å². The van der Waals surface area contributed by atoms with Gasteiger partial charge in [0, 0.05) is 28.3 Å². The van der Waals surface area contributed by atoms with E-state index in [4.69, 9.17) is 9.47 Å². The molecule has 1 unspecified atom stereocenters. The molecule has 0 saturated heterocycles. The Labute approximate surface area is 205 Å². The van der Waals surface area contributed by atoms with E-state index in [2.05, 4.69) is 29.5 Å². The van der Waals surface area contributed by atoms with Gasteiger partial charge in [-0.15, -0.1) is 0 Å². The van der Waals surface area contributed by atoms with Crippen LogP contribution in [0.3, 0.4) is 0 Å². The quantitative estimate of drug-likeness (QED) is 0.543. The van der Waals surface area contributed by atoms with Crippen LogP contribution in [0.1, 0.15) is 25.0 Å². The normalized spacial score (nSPS) is 17.7. The first kappa shape index (κ1) is 23.9. The molecule has 2 aliphatic heterocycles. The molecule has 0 spiro atoms. The van der Waals surface area contributed by atoms with Gasteiger partial charge >= 0.3 is 6.18 Å². The minimum Gasteiger partial charge on any atom is -0.497 e. The summed E-state index contributed by atoms with van der Waals surface area (Å²) in [6, 6.07) is 14.2. The number of hydrogen-bond donors (Lipinski definition) is 2. The lowest BCUT2D eigenvalue weighted by Gasteiger charge is -2.27. The molecule has 7 nitrogen and oxygen atoms in total. The minimum atomic E-state index is -4.40. The van der Waals surface area contributed by atoms with Gasteiger partial charge in [-0.05, 0) is 48.0 Å². The molecule has 0 fully saturated rings. The van der Waals surface area contributed by atoms with Crippen molar-refractivity contribution in [1.82, 2.24) is 9.88 Å². The van der Waals surface area contributed by atoms with E-state index in [1.807, 2.05) is 18.2 Å². The van der Waals surface area contributed by atoms with Gasteiger partial charge in [-0.1, -0.05) is 19.9 Å². The number of aromatic nitrogens is 1. The maximum absolute atomic E-state index is 13.9. The molecule has 0 aliphatic carbocycles. The number of halogens is 3. The lowest BCUT2D eigenvalue weighted by atomic mass is 9.85. The molecule has 3 heterocycles. The van der Waals surface area contributed by atoms with Crippen molar-refractivity contribution in [3.8, 4) is 28.3 Å². The Balaban J connectivity index is 1.64. The molecule has 10 heteroatoms. The summed E-state index contributed by atoms with van der Waals surface area (Å²) in [6.45, 7) is 3.48. The molecule has 2 N–H and O–H groups in total. The second-order valence-corrected chi connectivity index (χ2v) is 9.41. The van der Waals surface area contributed by atoms with E-state index in [0.717, 1.165) is 11.3 Å². The van der Waals surface area contributed by atoms with Gasteiger partial charge in [-0.2, -0.15) is 13.2 Å². The number of nitrogens with zero attached hydrogens (tertiary/aromatic N) is 2. The lowest BCUT2D eigenvalue weighted by Crippen LogP contribution is -2.43. The number of fused-ring (bicyclic) bond motifs is 2. The van der Waals surface area contributed by atoms with Gasteiger partial charge < -0.3 is 14.8 Å². The third-order valence-electron chi connectivity index (χ3n) is 6.30. The molecule has 0 bridgehead atoms. The number of methoxy groups -OCH3 is 1. The van der Waals surface area contributed by atoms with E-state index in [9.17, 15) is 18.0 Å². The summed E-state index contributed by atoms with van der Waals surface area (Å²) in [4.78, 5) is 18.1. The van der Waals surface area contributed by atoms with E-state index in [-0.39, 0.29) is 11.0 Å². The summed E-state index contributed by atoms with van der Waals surface area (Å²) in [6.07, 6.45) is -3.97. The summed E-state index contributed by atoms with van der Waals surface area (Å²) < 4.78 is 50.7. The van der Waals surface area contributed by atoms with Crippen LogP contribution in [0.15, 0.2) is 58.3 Å². The largest absolute Gasteiger partial charge is 0.497 e. The Morgan fingerprint density at radius 3 is 2.64 bits per heavy atom. The Morgan fingerprint density at radius 1 is 1.19 bits per heavy atom. The molecule has 2 aromatic carbocycles. The minimum absolute atomic E-state index is 0.199. The highest BCUT2D eigenvalue weighted by molar-refractivity contribution is 5.91. The summed E-state index contributed by atoms with van der Waals surface area (Å²) in [5.74, 6) is 1.74. The fraction of sp³-hybridized carbons (Fsp3) is 0.308. The van der Waals surface area contributed by atoms with Crippen LogP contribution >= 0.6 is 0 Å². The van der Waals surface area contributed by atoms with Crippen LogP contribution in [0.25, 0.3) is 16.8 Å². The summed E-state index contributed by atoms with van der Waals surface area (Å²) in [5, 5.41) is 5.26. The first-order valence-electron chi connectivity index (χ1n) is 11.4. The van der Waals surface area contributed by atoms with Crippen molar-refractivity contribution in [2.24, 2.45) is 4.99 Å². The van der Waals surface area contributed by atoms with Crippen LogP contribution in [0.5, 0.6) is 11.5 Å². The van der Waals surface area contributed by atoms with Gasteiger partial charge in [-0.25, -0.2) is 0 Å². The summed E-state index contributed by atoms with van der Waals surface area (Å²) in [7, 11) is 1.54. The predicted octanol–water partition coefficient (Wildman–Crippen LogP) is 4.46. The van der Waals surface area contributed by atoms with Gasteiger partial charge in [0.2, 0.25) is 0 Å². The molecule has 1 aromatic heterocycles. The number of anilines is 1. The number of pyridine rings is 1. The van der Waals surface area contributed by atoms with Crippen LogP contribution in [-0.2, 0) is 5.41 Å². The zero-order valence-corrected chi connectivity index (χ0v) is 19.9. The van der Waals surface area contributed by atoms with Crippen LogP contribution in [0.2, 0.25) is 0 Å². The SMILES string of the molecule is COc1ccc(-n2c3c(cc(-c4ccc5c(c4)C(C)(C)CO5)c2=O)C=NC(NCC(F)(F)F)N3)cc1. The molecule has 3 aromatic rings. The first-order valence-corrected chi connectivity index (χ1v) is 11.4. The number of nitrogens with one attached hydrogen (secondary N) is 2. The molecule has 0 radical (unpaired) electrons. The van der Waals surface area contributed by atoms with Crippen molar-refractivity contribution in [1.29, 1.82) is 0 Å². The first-order chi connectivity index (χ1) is 17.1. The third-order valence-corrected chi connectivity index (χ3v) is 6.30. The number of ether oxygens (including phenoxy) is 2. The smallest absolute Gasteiger partial charge is 0.401 e. The average Bonchev–Trinajstić information content (AvgIpc) is 3.16. The fourth-order valence-electron chi connectivity index (χ4n) is 4.39. The zero-order chi connectivity index (χ0) is 25.7. The number of aliphatic imine (C=N–C) groups is 1. The average molecular weight is 499 g/mol. The number of alkyl halides is 3. The van der Waals surface area contributed by atoms with Crippen molar-refractivity contribution in [3.05, 3.63) is 70.0 Å². The molecule has 0 saturated carbocycles. The number of hydrogen-bond acceptors (Lipinski definition) is 6. The molecule has 2 aliphatic rings. The standard InChI is InChI=1S/C26H25F3N4O3/c1-25(2)14-36-21-9-4-15(11-20(21)25)19-10-16-12-30-24(31-13-26(27,28)29)32-22(16)33(23(19)34)17-5-7-18(35-3)8-6-17/h4-12,24,31-32H,13-14H2,1-3H3. The highest BCUT2D eigenvalue weighted by Gasteiger charge is 2.33. The molecule has 1 atom stereocenters. The molecular weight excluding hydrogens is 473 g/mol. The lowest BCUT2D eigenvalue weighted by molar-refractivity contribution is -0.125. The fourth-order valence-corrected chi connectivity index (χ4v) is 4.39. The van der Waals surface area contributed by atoms with E-state index in [0.29, 0.717) is 40.6 Å². The topological polar surface area (TPSA) is 76.9 Å². The predicted molar refractivity (Wildman–Crippen MR) is 132 cm³/mol. The number of benzene rings is 2. The van der Waals surface area contributed by atoms with Gasteiger partial charge in [0.1, 0.15) is 17.3 Å². The highest BCUT2D eigenvalue weighted by Crippen LogP contribution is 2.40. The van der Waals surface area contributed by atoms with Crippen LogP contribution in [-0.4, -0.2) is 43.5 Å². The Morgan fingerprint density at radius 2 is 1.94 bits per heavy atom. The highest BCUT2D eigenvalue weighted by atomic mass is 19.4. The second kappa shape index (κ2) is 8.70. The monoisotopic (exact) mass is 498 g/mol. The maximum Gasteiger partial charge on any atom is 0.401 e. The Bertz CT molecular complexity index is 1400. The number of rotatable bonds is 5. The van der Waals surface area contributed by atoms with Gasteiger partial charge in [0.25, 0.3) is 5.56 Å². The van der Waals surface area contributed by atoms with Gasteiger partial charge in [-0.3, -0.25) is 19.7 Å². The van der Waals surface area contributed by atoms with E-state index < -0.39 is 19.0 Å². The van der Waals surface area contributed by atoms with Crippen LogP contribution in [0, 0.1) is 0 Å². The zero-order valence-electron chi connectivity index (χ0n) is 19.9. The molecule has 188 valence electrons. The van der Waals surface area contributed by atoms with Crippen LogP contribution < -0.4 is 25.7 Å². The molecular formula is C26H25F3N4O3. The molecule has 36 heavy (non-hydrogen) atoms. The second-order valence-electron chi connectivity index (χ2n) is 9.41. The van der Waals surface area contributed by atoms with Gasteiger partial charge in [0.05, 0.1) is 25.9 Å². The van der Waals surface area contributed by atoms with Crippen molar-refractivity contribution < 1.29 is 22.6 Å². The maximum atomic E-state index is 13.9. The van der Waals surface area contributed by atoms with Crippen molar-refractivity contribution in [3.63, 3.8) is 0 Å². The van der Waals surface area contributed by atoms with Crippen LogP contribution in [0.4, 0.5) is 19.0 Å². The van der Waals surface area contributed by atoms with E-state index in [1.165, 1.54) is 17.9 Å². The van der Waals surface area contributed by atoms with Crippen molar-refractivity contribution >= 4 is 12.0 Å². The van der Waals surface area contributed by atoms with E-state index in [1.54, 1.807) is 30.3 Å². The third kappa shape index (κ3) is 4.44. The van der Waals surface area contributed by atoms with E-state index >= 15 is 0 Å². The Hall–Kier alpha value is -3.79. The Kier molecular flexibility index (Phi) is 5.78. The molecule has 0 amide bonds. The van der Waals surface area contributed by atoms with Gasteiger partial charge in [0.15, 0.2) is 6.29 Å². The molecule has 5 rings (SSSR count).